The van der Waals surface area contributed by atoms with Crippen molar-refractivity contribution >= 4 is 13.1 Å². The summed E-state index contributed by atoms with van der Waals surface area (Å²) in [5.41, 5.74) is -0.818. The molecule has 0 aromatic carbocycles. The normalized spacial score (nSPS) is 16.9. The molecule has 0 aliphatic carbocycles. The number of carbonyl (C=O) groups is 1. The minimum absolute atomic E-state index is 0.403. The summed E-state index contributed by atoms with van der Waals surface area (Å²) in [6, 6.07) is 0. The van der Waals surface area contributed by atoms with Crippen LogP contribution >= 0.6 is 7.60 Å². The van der Waals surface area contributed by atoms with Crippen LogP contribution in [0.3, 0.4) is 0 Å². The van der Waals surface area contributed by atoms with Gasteiger partial charge >= 0.3 is 7.60 Å². The van der Waals surface area contributed by atoms with Crippen molar-refractivity contribution in [1.29, 1.82) is 0 Å². The molecule has 0 aliphatic rings. The molecule has 1 atom stereocenters. The zero-order chi connectivity index (χ0) is 8.36. The third kappa shape index (κ3) is 3.11. The first-order valence-electron chi connectivity index (χ1n) is 2.88. The zero-order valence-electron chi connectivity index (χ0n) is 6.20. The van der Waals surface area contributed by atoms with E-state index in [0.29, 0.717) is 0 Å². The van der Waals surface area contributed by atoms with Gasteiger partial charge in [0.05, 0.1) is 6.10 Å². The molecule has 0 bridgehead atoms. The van der Waals surface area contributed by atoms with Crippen molar-refractivity contribution in [3.8, 4) is 0 Å². The number of rotatable bonds is 3. The predicted molar refractivity (Wildman–Crippen MR) is 36.7 cm³/mol. The molecule has 0 radical (unpaired) electrons. The van der Waals surface area contributed by atoms with Crippen LogP contribution in [-0.4, -0.2) is 16.5 Å². The van der Waals surface area contributed by atoms with Crippen LogP contribution in [0.1, 0.15) is 20.8 Å². The molecule has 0 rings (SSSR count). The van der Waals surface area contributed by atoms with Gasteiger partial charge in [-0.3, -0.25) is 9.36 Å². The van der Waals surface area contributed by atoms with E-state index in [1.165, 1.54) is 0 Å². The van der Waals surface area contributed by atoms with Crippen molar-refractivity contribution < 1.29 is 18.8 Å². The van der Waals surface area contributed by atoms with E-state index in [4.69, 9.17) is 4.89 Å². The highest BCUT2D eigenvalue weighted by Crippen LogP contribution is 2.43. The Labute approximate surface area is 59.7 Å². The van der Waals surface area contributed by atoms with Crippen molar-refractivity contribution in [2.75, 3.05) is 0 Å². The van der Waals surface area contributed by atoms with Gasteiger partial charge in [-0.05, 0) is 13.8 Å². The molecule has 0 aromatic heterocycles. The predicted octanol–water partition coefficient (Wildman–Crippen LogP) is 1.14. The third-order valence-corrected chi connectivity index (χ3v) is 2.25. The van der Waals surface area contributed by atoms with Crippen LogP contribution in [0.25, 0.3) is 0 Å². The smallest absolute Gasteiger partial charge is 0.319 e. The van der Waals surface area contributed by atoms with Gasteiger partial charge in [0.2, 0.25) is 5.52 Å². The molecule has 60 valence electrons. The summed E-state index contributed by atoms with van der Waals surface area (Å²) >= 11 is 0. The summed E-state index contributed by atoms with van der Waals surface area (Å²) in [7, 11) is -3.96. The van der Waals surface area contributed by atoms with Gasteiger partial charge in [-0.2, -0.15) is 0 Å². The Morgan fingerprint density at radius 3 is 2.10 bits per heavy atom. The molecule has 4 nitrogen and oxygen atoms in total. The third-order valence-electron chi connectivity index (χ3n) is 0.752. The Bertz CT molecular complexity index is 174. The summed E-state index contributed by atoms with van der Waals surface area (Å²) in [6.45, 7) is 4.21. The van der Waals surface area contributed by atoms with Gasteiger partial charge in [-0.15, -0.1) is 0 Å². The molecule has 1 N–H and O–H groups in total. The maximum absolute atomic E-state index is 10.7. The van der Waals surface area contributed by atoms with E-state index < -0.39 is 19.2 Å². The Hall–Kier alpha value is -0.180. The second-order valence-electron chi connectivity index (χ2n) is 2.19. The first-order valence-corrected chi connectivity index (χ1v) is 4.46. The molecule has 0 aromatic rings. The fraction of sp³-hybridized carbons (Fsp3) is 0.800. The van der Waals surface area contributed by atoms with E-state index >= 15 is 0 Å². The molecule has 0 heterocycles. The van der Waals surface area contributed by atoms with Crippen molar-refractivity contribution in [1.82, 2.24) is 0 Å². The van der Waals surface area contributed by atoms with Crippen LogP contribution < -0.4 is 0 Å². The number of carbonyl (C=O) groups excluding carboxylic acids is 1. The molecule has 1 unspecified atom stereocenters. The second-order valence-corrected chi connectivity index (χ2v) is 4.08. The first-order chi connectivity index (χ1) is 4.36. The Morgan fingerprint density at radius 1 is 1.60 bits per heavy atom. The van der Waals surface area contributed by atoms with Gasteiger partial charge in [-0.1, -0.05) is 0 Å². The minimum Gasteiger partial charge on any atom is -0.319 e. The minimum atomic E-state index is -3.96. The van der Waals surface area contributed by atoms with Crippen molar-refractivity contribution in [3.63, 3.8) is 0 Å². The summed E-state index contributed by atoms with van der Waals surface area (Å²) in [5.74, 6) is 0. The van der Waals surface area contributed by atoms with Gasteiger partial charge in [0, 0.05) is 6.92 Å². The second kappa shape index (κ2) is 3.28. The molecule has 0 aliphatic heterocycles. The van der Waals surface area contributed by atoms with E-state index in [-0.39, 0.29) is 0 Å². The lowest BCUT2D eigenvalue weighted by molar-refractivity contribution is -0.112. The number of hydrogen-bond donors (Lipinski definition) is 1. The van der Waals surface area contributed by atoms with Crippen molar-refractivity contribution in [2.45, 2.75) is 26.9 Å². The average Bonchev–Trinajstić information content (AvgIpc) is 1.60. The standard InChI is InChI=1S/C5H11O4P/c1-4(2)9-10(7,8)5(3)6/h4H,1-3H3,(H,7,8). The van der Waals surface area contributed by atoms with Crippen molar-refractivity contribution in [2.24, 2.45) is 0 Å². The molecule has 0 amide bonds. The van der Waals surface area contributed by atoms with Gasteiger partial charge in [0.15, 0.2) is 0 Å². The van der Waals surface area contributed by atoms with E-state index in [0.717, 1.165) is 6.92 Å². The Kier molecular flexibility index (Phi) is 3.22. The summed E-state index contributed by atoms with van der Waals surface area (Å²) in [4.78, 5) is 19.1. The molecule has 5 heteroatoms. The summed E-state index contributed by atoms with van der Waals surface area (Å²) in [6.07, 6.45) is -0.403. The zero-order valence-corrected chi connectivity index (χ0v) is 7.09. The van der Waals surface area contributed by atoms with Crippen LogP contribution in [0, 0.1) is 0 Å². The highest BCUT2D eigenvalue weighted by molar-refractivity contribution is 7.70. The molecule has 0 saturated heterocycles. The Morgan fingerprint density at radius 2 is 2.00 bits per heavy atom. The highest BCUT2D eigenvalue weighted by Gasteiger charge is 2.26. The molecular formula is C5H11O4P. The van der Waals surface area contributed by atoms with Gasteiger partial charge in [0.1, 0.15) is 0 Å². The van der Waals surface area contributed by atoms with Gasteiger partial charge in [0.25, 0.3) is 0 Å². The highest BCUT2D eigenvalue weighted by atomic mass is 31.2. The molecule has 0 fully saturated rings. The lowest BCUT2D eigenvalue weighted by Gasteiger charge is -2.10. The van der Waals surface area contributed by atoms with E-state index in [9.17, 15) is 9.36 Å². The SMILES string of the molecule is CC(=O)P(=O)(O)OC(C)C. The maximum atomic E-state index is 10.7. The molecule has 10 heavy (non-hydrogen) atoms. The summed E-state index contributed by atoms with van der Waals surface area (Å²) < 4.78 is 15.2. The molecule has 0 saturated carbocycles. The summed E-state index contributed by atoms with van der Waals surface area (Å²) in [5, 5.41) is 0. The largest absolute Gasteiger partial charge is 0.394 e. The monoisotopic (exact) mass is 166 g/mol. The molecule has 0 spiro atoms. The van der Waals surface area contributed by atoms with Crippen LogP contribution in [0.4, 0.5) is 0 Å². The van der Waals surface area contributed by atoms with Crippen LogP contribution in [0.2, 0.25) is 0 Å². The quantitative estimate of drug-likeness (QED) is 0.638. The van der Waals surface area contributed by atoms with E-state index in [1.807, 2.05) is 0 Å². The lowest BCUT2D eigenvalue weighted by atomic mass is 10.5. The first kappa shape index (κ1) is 9.82. The van der Waals surface area contributed by atoms with Crippen LogP contribution in [-0.2, 0) is 13.9 Å². The molecular weight excluding hydrogens is 155 g/mol. The average molecular weight is 166 g/mol. The van der Waals surface area contributed by atoms with Crippen molar-refractivity contribution in [3.05, 3.63) is 0 Å². The van der Waals surface area contributed by atoms with E-state index in [2.05, 4.69) is 4.52 Å². The van der Waals surface area contributed by atoms with Crippen LogP contribution in [0.5, 0.6) is 0 Å². The Balaban J connectivity index is 4.15. The fourth-order valence-corrected chi connectivity index (χ4v) is 1.08. The number of hydrogen-bond acceptors (Lipinski definition) is 3. The van der Waals surface area contributed by atoms with E-state index in [1.54, 1.807) is 13.8 Å². The van der Waals surface area contributed by atoms with Gasteiger partial charge < -0.3 is 9.42 Å². The topological polar surface area (TPSA) is 63.6 Å². The lowest BCUT2D eigenvalue weighted by Crippen LogP contribution is -2.04. The maximum Gasteiger partial charge on any atom is 0.394 e. The van der Waals surface area contributed by atoms with Gasteiger partial charge in [-0.25, -0.2) is 0 Å². The van der Waals surface area contributed by atoms with Crippen LogP contribution in [0.15, 0.2) is 0 Å². The fourth-order valence-electron chi connectivity index (χ4n) is 0.360.